The Morgan fingerprint density at radius 3 is 2.94 bits per heavy atom. The van der Waals surface area contributed by atoms with Gasteiger partial charge in [0.2, 0.25) is 0 Å². The van der Waals surface area contributed by atoms with Gasteiger partial charge in [-0.25, -0.2) is 9.18 Å². The molecule has 0 N–H and O–H groups in total. The Morgan fingerprint density at radius 2 is 2.24 bits per heavy atom. The van der Waals surface area contributed by atoms with Gasteiger partial charge in [-0.3, -0.25) is 4.98 Å². The van der Waals surface area contributed by atoms with Gasteiger partial charge in [-0.15, -0.1) is 0 Å². The van der Waals surface area contributed by atoms with Crippen LogP contribution in [0.2, 0.25) is 0 Å². The largest absolute Gasteiger partial charge is 0.456 e. The maximum absolute atomic E-state index is 13.3. The molecule has 17 heavy (non-hydrogen) atoms. The van der Waals surface area contributed by atoms with E-state index >= 15 is 0 Å². The van der Waals surface area contributed by atoms with E-state index in [2.05, 4.69) is 4.98 Å². The fraction of sp³-hybridized carbons (Fsp3) is 0.500. The summed E-state index contributed by atoms with van der Waals surface area (Å²) in [5, 5.41) is 0. The van der Waals surface area contributed by atoms with Gasteiger partial charge in [0.25, 0.3) is 0 Å². The molecule has 4 nitrogen and oxygen atoms in total. The van der Waals surface area contributed by atoms with Gasteiger partial charge in [0.05, 0.1) is 17.9 Å². The Bertz CT molecular complexity index is 410. The number of carbonyl (C=O) groups excluding carboxylic acids is 1. The maximum Gasteiger partial charge on any atom is 0.341 e. The Kier molecular flexibility index (Phi) is 3.68. The number of nitrogens with zero attached hydrogens (tertiary/aromatic N) is 1. The van der Waals surface area contributed by atoms with Gasteiger partial charge >= 0.3 is 5.97 Å². The number of hydrogen-bond acceptors (Lipinski definition) is 4. The van der Waals surface area contributed by atoms with E-state index in [4.69, 9.17) is 9.47 Å². The number of aromatic nitrogens is 1. The van der Waals surface area contributed by atoms with Crippen molar-refractivity contribution in [2.24, 2.45) is 0 Å². The van der Waals surface area contributed by atoms with Crippen LogP contribution in [-0.4, -0.2) is 30.3 Å². The molecule has 1 aliphatic rings. The second-order valence-corrected chi connectivity index (χ2v) is 4.00. The average Bonchev–Trinajstić information content (AvgIpc) is 2.76. The van der Waals surface area contributed by atoms with Crippen molar-refractivity contribution in [3.05, 3.63) is 29.8 Å². The van der Waals surface area contributed by atoms with Crippen LogP contribution in [-0.2, 0) is 9.47 Å². The lowest BCUT2D eigenvalue weighted by Crippen LogP contribution is -2.28. The van der Waals surface area contributed by atoms with Crippen molar-refractivity contribution in [3.8, 4) is 0 Å². The van der Waals surface area contributed by atoms with Crippen molar-refractivity contribution in [1.29, 1.82) is 0 Å². The first-order valence-electron chi connectivity index (χ1n) is 5.55. The summed E-state index contributed by atoms with van der Waals surface area (Å²) in [7, 11) is 1.59. The second kappa shape index (κ2) is 5.23. The Balaban J connectivity index is 2.04. The lowest BCUT2D eigenvalue weighted by atomic mass is 10.2. The highest BCUT2D eigenvalue weighted by Gasteiger charge is 2.31. The number of pyridine rings is 1. The molecule has 1 aliphatic carbocycles. The molecular weight excluding hydrogens is 225 g/mol. The Hall–Kier alpha value is -1.49. The minimum absolute atomic E-state index is 0.0798. The molecule has 0 aliphatic heterocycles. The van der Waals surface area contributed by atoms with E-state index in [0.717, 1.165) is 25.5 Å². The van der Waals surface area contributed by atoms with Crippen LogP contribution in [0.3, 0.4) is 0 Å². The van der Waals surface area contributed by atoms with Crippen LogP contribution in [0.5, 0.6) is 0 Å². The van der Waals surface area contributed by atoms with Gasteiger partial charge in [0, 0.05) is 13.3 Å². The summed E-state index contributed by atoms with van der Waals surface area (Å²) in [5.41, 5.74) is -0.0817. The van der Waals surface area contributed by atoms with E-state index in [0.29, 0.717) is 0 Å². The molecule has 0 amide bonds. The SMILES string of the molecule is COC1CCCC1OC(=O)c1ccncc1F. The molecule has 0 bridgehead atoms. The molecule has 1 heterocycles. The summed E-state index contributed by atoms with van der Waals surface area (Å²) in [4.78, 5) is 15.3. The van der Waals surface area contributed by atoms with Crippen molar-refractivity contribution >= 4 is 5.97 Å². The highest BCUT2D eigenvalue weighted by molar-refractivity contribution is 5.89. The zero-order valence-electron chi connectivity index (χ0n) is 9.56. The number of rotatable bonds is 3. The van der Waals surface area contributed by atoms with Crippen molar-refractivity contribution < 1.29 is 18.7 Å². The van der Waals surface area contributed by atoms with Gasteiger partial charge in [-0.05, 0) is 25.3 Å². The Labute approximate surface area is 98.8 Å². The third-order valence-corrected chi connectivity index (χ3v) is 2.95. The predicted molar refractivity (Wildman–Crippen MR) is 58.0 cm³/mol. The van der Waals surface area contributed by atoms with Crippen molar-refractivity contribution in [2.75, 3.05) is 7.11 Å². The third-order valence-electron chi connectivity index (χ3n) is 2.95. The lowest BCUT2D eigenvalue weighted by molar-refractivity contribution is -0.0209. The zero-order valence-corrected chi connectivity index (χ0v) is 9.56. The van der Waals surface area contributed by atoms with E-state index in [9.17, 15) is 9.18 Å². The summed E-state index contributed by atoms with van der Waals surface area (Å²) in [6.07, 6.45) is 4.59. The highest BCUT2D eigenvalue weighted by Crippen LogP contribution is 2.25. The minimum Gasteiger partial charge on any atom is -0.456 e. The lowest BCUT2D eigenvalue weighted by Gasteiger charge is -2.18. The monoisotopic (exact) mass is 239 g/mol. The predicted octanol–water partition coefficient (Wildman–Crippen LogP) is 1.95. The van der Waals surface area contributed by atoms with Crippen LogP contribution in [0.25, 0.3) is 0 Å². The third kappa shape index (κ3) is 2.61. The van der Waals surface area contributed by atoms with Gasteiger partial charge in [-0.1, -0.05) is 0 Å². The topological polar surface area (TPSA) is 48.4 Å². The van der Waals surface area contributed by atoms with Crippen molar-refractivity contribution in [1.82, 2.24) is 4.98 Å². The molecule has 2 rings (SSSR count). The maximum atomic E-state index is 13.3. The van der Waals surface area contributed by atoms with Crippen LogP contribution in [0, 0.1) is 5.82 Å². The molecule has 2 unspecified atom stereocenters. The number of hydrogen-bond donors (Lipinski definition) is 0. The molecule has 1 aromatic rings. The highest BCUT2D eigenvalue weighted by atomic mass is 19.1. The number of halogens is 1. The van der Waals surface area contributed by atoms with E-state index in [1.54, 1.807) is 7.11 Å². The molecule has 1 fully saturated rings. The van der Waals surface area contributed by atoms with Gasteiger partial charge in [-0.2, -0.15) is 0 Å². The first-order chi connectivity index (χ1) is 8.22. The molecule has 92 valence electrons. The van der Waals surface area contributed by atoms with Crippen LogP contribution >= 0.6 is 0 Å². The summed E-state index contributed by atoms with van der Waals surface area (Å²) in [6.45, 7) is 0. The molecule has 0 spiro atoms. The van der Waals surface area contributed by atoms with Crippen LogP contribution in [0.4, 0.5) is 4.39 Å². The van der Waals surface area contributed by atoms with Crippen molar-refractivity contribution in [2.45, 2.75) is 31.5 Å². The summed E-state index contributed by atoms with van der Waals surface area (Å²) in [5.74, 6) is -1.32. The molecule has 1 saturated carbocycles. The molecule has 0 radical (unpaired) electrons. The fourth-order valence-corrected chi connectivity index (χ4v) is 2.04. The molecule has 0 saturated heterocycles. The van der Waals surface area contributed by atoms with Gasteiger partial charge < -0.3 is 9.47 Å². The van der Waals surface area contributed by atoms with E-state index in [1.807, 2.05) is 0 Å². The fourth-order valence-electron chi connectivity index (χ4n) is 2.04. The second-order valence-electron chi connectivity index (χ2n) is 4.00. The van der Waals surface area contributed by atoms with E-state index in [1.165, 1.54) is 12.3 Å². The molecule has 1 aromatic heterocycles. The van der Waals surface area contributed by atoms with Gasteiger partial charge in [0.1, 0.15) is 6.10 Å². The minimum atomic E-state index is -0.663. The zero-order chi connectivity index (χ0) is 12.3. The number of esters is 1. The first kappa shape index (κ1) is 12.0. The smallest absolute Gasteiger partial charge is 0.341 e. The summed E-state index contributed by atoms with van der Waals surface area (Å²) < 4.78 is 23.8. The van der Waals surface area contributed by atoms with Crippen molar-refractivity contribution in [3.63, 3.8) is 0 Å². The van der Waals surface area contributed by atoms with Crippen LogP contribution < -0.4 is 0 Å². The quantitative estimate of drug-likeness (QED) is 0.756. The standard InChI is InChI=1S/C12H14FNO3/c1-16-10-3-2-4-11(10)17-12(15)8-5-6-14-7-9(8)13/h5-7,10-11H,2-4H2,1H3. The molecule has 5 heteroatoms. The normalized spacial score (nSPS) is 23.6. The molecule has 0 aromatic carbocycles. The van der Waals surface area contributed by atoms with E-state index < -0.39 is 11.8 Å². The number of ether oxygens (including phenoxy) is 2. The average molecular weight is 239 g/mol. The summed E-state index contributed by atoms with van der Waals surface area (Å²) in [6, 6.07) is 1.31. The van der Waals surface area contributed by atoms with Crippen LogP contribution in [0.15, 0.2) is 18.5 Å². The summed E-state index contributed by atoms with van der Waals surface area (Å²) >= 11 is 0. The molecule has 2 atom stereocenters. The van der Waals surface area contributed by atoms with Crippen LogP contribution in [0.1, 0.15) is 29.6 Å². The number of carbonyl (C=O) groups is 1. The number of methoxy groups -OCH3 is 1. The first-order valence-corrected chi connectivity index (χ1v) is 5.55. The Morgan fingerprint density at radius 1 is 1.47 bits per heavy atom. The van der Waals surface area contributed by atoms with E-state index in [-0.39, 0.29) is 17.8 Å². The van der Waals surface area contributed by atoms with Gasteiger partial charge in [0.15, 0.2) is 5.82 Å². The molecular formula is C12H14FNO3.